The van der Waals surface area contributed by atoms with Crippen LogP contribution in [0.1, 0.15) is 44.2 Å². The zero-order valence-corrected chi connectivity index (χ0v) is 10.9. The maximum atomic E-state index is 11.0. The molecule has 0 aliphatic heterocycles. The van der Waals surface area contributed by atoms with Gasteiger partial charge in [0.05, 0.1) is 5.69 Å². The highest BCUT2D eigenvalue weighted by Gasteiger charge is 2.30. The topological polar surface area (TPSA) is 42.0 Å². The highest BCUT2D eigenvalue weighted by Crippen LogP contribution is 2.40. The number of thiazole rings is 1. The van der Waals surface area contributed by atoms with Crippen LogP contribution in [0.4, 0.5) is 5.13 Å². The molecular formula is C12H18N2OS. The summed E-state index contributed by atoms with van der Waals surface area (Å²) in [5, 5.41) is 3.54. The molecule has 1 aliphatic rings. The van der Waals surface area contributed by atoms with Gasteiger partial charge in [0.15, 0.2) is 5.13 Å². The van der Waals surface area contributed by atoms with E-state index in [1.807, 2.05) is 0 Å². The lowest BCUT2D eigenvalue weighted by atomic mass is 9.75. The number of nitrogens with zero attached hydrogens (tertiary/aromatic N) is 1. The lowest BCUT2D eigenvalue weighted by molar-refractivity contribution is -0.114. The Bertz CT molecular complexity index is 413. The van der Waals surface area contributed by atoms with Crippen molar-refractivity contribution < 1.29 is 4.79 Å². The molecule has 0 fully saturated rings. The maximum Gasteiger partial charge on any atom is 0.223 e. The lowest BCUT2D eigenvalue weighted by Crippen LogP contribution is -2.23. The summed E-state index contributed by atoms with van der Waals surface area (Å²) < 4.78 is 0. The smallest absolute Gasteiger partial charge is 0.223 e. The molecule has 1 aliphatic carbocycles. The number of aromatic nitrogens is 1. The van der Waals surface area contributed by atoms with Gasteiger partial charge >= 0.3 is 0 Å². The van der Waals surface area contributed by atoms with Crippen molar-refractivity contribution in [2.45, 2.75) is 46.5 Å². The Hall–Kier alpha value is -0.900. The van der Waals surface area contributed by atoms with Gasteiger partial charge < -0.3 is 5.32 Å². The molecule has 1 N–H and O–H groups in total. The van der Waals surface area contributed by atoms with E-state index in [1.165, 1.54) is 30.3 Å². The van der Waals surface area contributed by atoms with Crippen molar-refractivity contribution >= 4 is 22.4 Å². The van der Waals surface area contributed by atoms with Crippen molar-refractivity contribution in [1.82, 2.24) is 4.98 Å². The zero-order chi connectivity index (χ0) is 11.8. The molecule has 1 unspecified atom stereocenters. The van der Waals surface area contributed by atoms with Crippen LogP contribution in [0.3, 0.4) is 0 Å². The zero-order valence-electron chi connectivity index (χ0n) is 10.1. The summed E-state index contributed by atoms with van der Waals surface area (Å²) in [6.45, 7) is 6.12. The van der Waals surface area contributed by atoms with E-state index in [-0.39, 0.29) is 5.91 Å². The summed E-state index contributed by atoms with van der Waals surface area (Å²) in [6.07, 6.45) is 4.57. The van der Waals surface area contributed by atoms with E-state index < -0.39 is 0 Å². The second kappa shape index (κ2) is 4.17. The number of carbonyl (C=O) groups excluding carboxylic acids is 1. The first kappa shape index (κ1) is 11.6. The van der Waals surface area contributed by atoms with Crippen LogP contribution in [-0.4, -0.2) is 10.9 Å². The Morgan fingerprint density at radius 2 is 2.38 bits per heavy atom. The average Bonchev–Trinajstić information content (AvgIpc) is 2.58. The van der Waals surface area contributed by atoms with E-state index in [1.54, 1.807) is 11.3 Å². The first-order chi connectivity index (χ1) is 7.52. The fourth-order valence-electron chi connectivity index (χ4n) is 2.12. The molecule has 0 saturated carbocycles. The maximum absolute atomic E-state index is 11.0. The highest BCUT2D eigenvalue weighted by molar-refractivity contribution is 7.15. The molecule has 1 aromatic rings. The normalized spacial score (nSPS) is 23.9. The molecule has 1 aromatic heterocycles. The molecule has 0 aromatic carbocycles. The predicted octanol–water partition coefficient (Wildman–Crippen LogP) is 3.01. The van der Waals surface area contributed by atoms with Crippen LogP contribution in [0, 0.1) is 5.41 Å². The minimum atomic E-state index is -0.0376. The Morgan fingerprint density at radius 1 is 1.62 bits per heavy atom. The van der Waals surface area contributed by atoms with Gasteiger partial charge in [0.2, 0.25) is 5.91 Å². The predicted molar refractivity (Wildman–Crippen MR) is 66.8 cm³/mol. The monoisotopic (exact) mass is 238 g/mol. The van der Waals surface area contributed by atoms with Crippen LogP contribution in [0.2, 0.25) is 0 Å². The van der Waals surface area contributed by atoms with Crippen molar-refractivity contribution in [3.8, 4) is 0 Å². The van der Waals surface area contributed by atoms with Gasteiger partial charge in [0.1, 0.15) is 0 Å². The van der Waals surface area contributed by atoms with Gasteiger partial charge in [-0.05, 0) is 24.7 Å². The van der Waals surface area contributed by atoms with Gasteiger partial charge in [0, 0.05) is 11.8 Å². The number of hydrogen-bond acceptors (Lipinski definition) is 3. The summed E-state index contributed by atoms with van der Waals surface area (Å²) in [6, 6.07) is 0. The van der Waals surface area contributed by atoms with Gasteiger partial charge in [-0.1, -0.05) is 20.3 Å². The molecule has 88 valence electrons. The third-order valence-electron chi connectivity index (χ3n) is 3.47. The SMILES string of the molecule is CCC1(C)CCc2nc(NC(C)=O)sc2C1. The fraction of sp³-hybridized carbons (Fsp3) is 0.667. The minimum absolute atomic E-state index is 0.0376. The molecular weight excluding hydrogens is 220 g/mol. The van der Waals surface area contributed by atoms with Crippen LogP contribution >= 0.6 is 11.3 Å². The number of rotatable bonds is 2. The van der Waals surface area contributed by atoms with Gasteiger partial charge in [-0.2, -0.15) is 0 Å². The van der Waals surface area contributed by atoms with E-state index in [0.717, 1.165) is 18.0 Å². The summed E-state index contributed by atoms with van der Waals surface area (Å²) in [5.74, 6) is -0.0376. The van der Waals surface area contributed by atoms with Crippen molar-refractivity contribution in [3.05, 3.63) is 10.6 Å². The minimum Gasteiger partial charge on any atom is -0.302 e. The number of aryl methyl sites for hydroxylation is 1. The first-order valence-electron chi connectivity index (χ1n) is 5.78. The quantitative estimate of drug-likeness (QED) is 0.860. The molecule has 0 saturated heterocycles. The van der Waals surface area contributed by atoms with E-state index in [4.69, 9.17) is 0 Å². The second-order valence-electron chi connectivity index (χ2n) is 4.91. The highest BCUT2D eigenvalue weighted by atomic mass is 32.1. The van der Waals surface area contributed by atoms with Crippen molar-refractivity contribution in [2.24, 2.45) is 5.41 Å². The standard InChI is InChI=1S/C12H18N2OS/c1-4-12(3)6-5-9-10(7-12)16-11(14-9)13-8(2)15/h4-7H2,1-3H3,(H,13,14,15). The first-order valence-corrected chi connectivity index (χ1v) is 6.60. The molecule has 1 heterocycles. The second-order valence-corrected chi connectivity index (χ2v) is 5.99. The van der Waals surface area contributed by atoms with Crippen LogP contribution in [0.15, 0.2) is 0 Å². The summed E-state index contributed by atoms with van der Waals surface area (Å²) in [4.78, 5) is 16.8. The van der Waals surface area contributed by atoms with Gasteiger partial charge in [0.25, 0.3) is 0 Å². The molecule has 16 heavy (non-hydrogen) atoms. The average molecular weight is 238 g/mol. The van der Waals surface area contributed by atoms with E-state index >= 15 is 0 Å². The summed E-state index contributed by atoms with van der Waals surface area (Å²) in [5.41, 5.74) is 1.62. The Labute approximate surface area is 100 Å². The Balaban J connectivity index is 2.20. The molecule has 0 bridgehead atoms. The van der Waals surface area contributed by atoms with Crippen LogP contribution in [0.25, 0.3) is 0 Å². The molecule has 0 radical (unpaired) electrons. The van der Waals surface area contributed by atoms with Gasteiger partial charge in [-0.15, -0.1) is 11.3 Å². The van der Waals surface area contributed by atoms with Gasteiger partial charge in [-0.3, -0.25) is 4.79 Å². The number of hydrogen-bond donors (Lipinski definition) is 1. The molecule has 1 atom stereocenters. The van der Waals surface area contributed by atoms with Crippen molar-refractivity contribution in [1.29, 1.82) is 0 Å². The van der Waals surface area contributed by atoms with Gasteiger partial charge in [-0.25, -0.2) is 4.98 Å². The molecule has 1 amide bonds. The van der Waals surface area contributed by atoms with Crippen molar-refractivity contribution in [3.63, 3.8) is 0 Å². The number of anilines is 1. The number of amides is 1. The lowest BCUT2D eigenvalue weighted by Gasteiger charge is -2.31. The molecule has 2 rings (SSSR count). The summed E-state index contributed by atoms with van der Waals surface area (Å²) >= 11 is 1.64. The Morgan fingerprint density at radius 3 is 3.00 bits per heavy atom. The third kappa shape index (κ3) is 2.26. The summed E-state index contributed by atoms with van der Waals surface area (Å²) in [7, 11) is 0. The number of carbonyl (C=O) groups is 1. The van der Waals surface area contributed by atoms with E-state index in [2.05, 4.69) is 24.1 Å². The molecule has 4 heteroatoms. The largest absolute Gasteiger partial charge is 0.302 e. The van der Waals surface area contributed by atoms with Crippen LogP contribution in [-0.2, 0) is 17.6 Å². The molecule has 3 nitrogen and oxygen atoms in total. The van der Waals surface area contributed by atoms with E-state index in [9.17, 15) is 4.79 Å². The third-order valence-corrected chi connectivity index (χ3v) is 4.48. The van der Waals surface area contributed by atoms with Crippen LogP contribution in [0.5, 0.6) is 0 Å². The van der Waals surface area contributed by atoms with Crippen LogP contribution < -0.4 is 5.32 Å². The van der Waals surface area contributed by atoms with Crippen molar-refractivity contribution in [2.75, 3.05) is 5.32 Å². The Kier molecular flexibility index (Phi) is 3.02. The van der Waals surface area contributed by atoms with E-state index in [0.29, 0.717) is 5.41 Å². The fourth-order valence-corrected chi connectivity index (χ4v) is 3.39. The number of fused-ring (bicyclic) bond motifs is 1. The molecule has 0 spiro atoms. The number of nitrogens with one attached hydrogen (secondary N) is 1.